The summed E-state index contributed by atoms with van der Waals surface area (Å²) in [4.78, 5) is 4.10. The SMILES string of the molecule is CC(CO)Nc1nc2ccc(F)cn2n1. The molecule has 0 aliphatic carbocycles. The summed E-state index contributed by atoms with van der Waals surface area (Å²) in [6.45, 7) is 1.79. The minimum Gasteiger partial charge on any atom is -0.394 e. The van der Waals surface area contributed by atoms with Crippen LogP contribution in [0.2, 0.25) is 0 Å². The van der Waals surface area contributed by atoms with Gasteiger partial charge in [-0.1, -0.05) is 0 Å². The number of aromatic nitrogens is 3. The Kier molecular flexibility index (Phi) is 2.51. The second-order valence-electron chi connectivity index (χ2n) is 3.31. The van der Waals surface area contributed by atoms with Crippen molar-refractivity contribution in [1.82, 2.24) is 14.6 Å². The summed E-state index contributed by atoms with van der Waals surface area (Å²) in [5.74, 6) is 0.0105. The molecule has 0 fully saturated rings. The molecule has 0 aromatic carbocycles. The summed E-state index contributed by atoms with van der Waals surface area (Å²) >= 11 is 0. The quantitative estimate of drug-likeness (QED) is 0.781. The zero-order valence-electron chi connectivity index (χ0n) is 8.18. The Labute approximate surface area is 85.6 Å². The van der Waals surface area contributed by atoms with Crippen LogP contribution >= 0.6 is 0 Å². The standard InChI is InChI=1S/C9H11FN4O/c1-6(5-15)11-9-12-8-3-2-7(10)4-14(8)13-9/h2-4,6,15H,5H2,1H3,(H,11,13). The van der Waals surface area contributed by atoms with E-state index in [0.717, 1.165) is 0 Å². The molecule has 1 atom stereocenters. The Morgan fingerprint density at radius 3 is 3.13 bits per heavy atom. The van der Waals surface area contributed by atoms with Gasteiger partial charge in [-0.25, -0.2) is 8.91 Å². The predicted molar refractivity (Wildman–Crippen MR) is 53.1 cm³/mol. The molecular formula is C9H11FN4O. The van der Waals surface area contributed by atoms with Crippen LogP contribution in [0.3, 0.4) is 0 Å². The molecule has 0 saturated carbocycles. The number of pyridine rings is 1. The molecule has 0 amide bonds. The number of aliphatic hydroxyl groups excluding tert-OH is 1. The van der Waals surface area contributed by atoms with E-state index >= 15 is 0 Å². The largest absolute Gasteiger partial charge is 0.394 e. The number of hydrogen-bond donors (Lipinski definition) is 2. The van der Waals surface area contributed by atoms with Gasteiger partial charge in [-0.05, 0) is 19.1 Å². The average Bonchev–Trinajstić information content (AvgIpc) is 2.59. The normalized spacial score (nSPS) is 13.0. The molecule has 0 saturated heterocycles. The summed E-state index contributed by atoms with van der Waals surface area (Å²) in [5, 5.41) is 15.7. The van der Waals surface area contributed by atoms with Crippen LogP contribution in [0.4, 0.5) is 10.3 Å². The summed E-state index contributed by atoms with van der Waals surface area (Å²) in [5.41, 5.74) is 0.559. The van der Waals surface area contributed by atoms with E-state index in [-0.39, 0.29) is 18.5 Å². The number of hydrogen-bond acceptors (Lipinski definition) is 4. The molecule has 0 spiro atoms. The zero-order chi connectivity index (χ0) is 10.8. The van der Waals surface area contributed by atoms with Gasteiger partial charge in [-0.15, -0.1) is 5.10 Å². The Hall–Kier alpha value is -1.69. The van der Waals surface area contributed by atoms with Crippen LogP contribution in [0, 0.1) is 5.82 Å². The predicted octanol–water partition coefficient (Wildman–Crippen LogP) is 0.661. The van der Waals surface area contributed by atoms with Crippen molar-refractivity contribution in [3.8, 4) is 0 Å². The molecule has 0 aliphatic rings. The highest BCUT2D eigenvalue weighted by molar-refractivity contribution is 5.43. The van der Waals surface area contributed by atoms with Crippen molar-refractivity contribution in [1.29, 1.82) is 0 Å². The first kappa shape index (κ1) is 9.85. The van der Waals surface area contributed by atoms with Gasteiger partial charge < -0.3 is 10.4 Å². The van der Waals surface area contributed by atoms with E-state index in [1.807, 2.05) is 0 Å². The molecule has 0 aliphatic heterocycles. The van der Waals surface area contributed by atoms with Gasteiger partial charge in [0, 0.05) is 6.04 Å². The van der Waals surface area contributed by atoms with E-state index in [1.165, 1.54) is 22.8 Å². The molecule has 1 unspecified atom stereocenters. The van der Waals surface area contributed by atoms with Gasteiger partial charge >= 0.3 is 0 Å². The average molecular weight is 210 g/mol. The molecule has 2 aromatic heterocycles. The summed E-state index contributed by atoms with van der Waals surface area (Å²) < 4.78 is 14.2. The van der Waals surface area contributed by atoms with Gasteiger partial charge in [0.15, 0.2) is 5.65 Å². The number of nitrogens with one attached hydrogen (secondary N) is 1. The van der Waals surface area contributed by atoms with Crippen LogP contribution in [-0.2, 0) is 0 Å². The lowest BCUT2D eigenvalue weighted by Crippen LogP contribution is -2.20. The molecule has 2 rings (SSSR count). The number of halogens is 1. The third kappa shape index (κ3) is 2.04. The van der Waals surface area contributed by atoms with Gasteiger partial charge in [-0.2, -0.15) is 4.98 Å². The first-order chi connectivity index (χ1) is 7.19. The summed E-state index contributed by atoms with van der Waals surface area (Å²) in [7, 11) is 0. The van der Waals surface area contributed by atoms with Crippen molar-refractivity contribution in [2.24, 2.45) is 0 Å². The second-order valence-corrected chi connectivity index (χ2v) is 3.31. The lowest BCUT2D eigenvalue weighted by Gasteiger charge is -2.06. The fourth-order valence-electron chi connectivity index (χ4n) is 1.19. The third-order valence-corrected chi connectivity index (χ3v) is 1.94. The van der Waals surface area contributed by atoms with Gasteiger partial charge in [0.25, 0.3) is 0 Å². The van der Waals surface area contributed by atoms with Crippen LogP contribution in [0.5, 0.6) is 0 Å². The number of aliphatic hydroxyl groups is 1. The molecule has 15 heavy (non-hydrogen) atoms. The maximum absolute atomic E-state index is 12.8. The number of fused-ring (bicyclic) bond motifs is 1. The Morgan fingerprint density at radius 2 is 2.40 bits per heavy atom. The van der Waals surface area contributed by atoms with Crippen LogP contribution in [0.15, 0.2) is 18.3 Å². The van der Waals surface area contributed by atoms with E-state index in [4.69, 9.17) is 5.11 Å². The maximum atomic E-state index is 12.8. The molecule has 2 aromatic rings. The Bertz CT molecular complexity index is 470. The van der Waals surface area contributed by atoms with Crippen LogP contribution < -0.4 is 5.32 Å². The van der Waals surface area contributed by atoms with Crippen LogP contribution in [0.25, 0.3) is 5.65 Å². The minimum absolute atomic E-state index is 0.0100. The van der Waals surface area contributed by atoms with Crippen molar-refractivity contribution >= 4 is 11.6 Å². The lowest BCUT2D eigenvalue weighted by atomic mass is 10.4. The van der Waals surface area contributed by atoms with Crippen molar-refractivity contribution < 1.29 is 9.50 Å². The van der Waals surface area contributed by atoms with E-state index in [9.17, 15) is 4.39 Å². The van der Waals surface area contributed by atoms with Crippen molar-refractivity contribution in [2.45, 2.75) is 13.0 Å². The number of rotatable bonds is 3. The lowest BCUT2D eigenvalue weighted by molar-refractivity contribution is 0.281. The summed E-state index contributed by atoms with van der Waals surface area (Å²) in [6, 6.07) is 2.73. The van der Waals surface area contributed by atoms with Gasteiger partial charge in [0.1, 0.15) is 5.82 Å². The number of nitrogens with zero attached hydrogens (tertiary/aromatic N) is 3. The highest BCUT2D eigenvalue weighted by Gasteiger charge is 2.06. The smallest absolute Gasteiger partial charge is 0.243 e. The van der Waals surface area contributed by atoms with Crippen molar-refractivity contribution in [3.63, 3.8) is 0 Å². The minimum atomic E-state index is -0.367. The van der Waals surface area contributed by atoms with Crippen molar-refractivity contribution in [3.05, 3.63) is 24.1 Å². The number of anilines is 1. The maximum Gasteiger partial charge on any atom is 0.243 e. The molecule has 0 radical (unpaired) electrons. The van der Waals surface area contributed by atoms with Gasteiger partial charge in [0.05, 0.1) is 12.8 Å². The van der Waals surface area contributed by atoms with Gasteiger partial charge in [-0.3, -0.25) is 0 Å². The first-order valence-electron chi connectivity index (χ1n) is 4.58. The van der Waals surface area contributed by atoms with E-state index in [0.29, 0.717) is 11.6 Å². The van der Waals surface area contributed by atoms with E-state index < -0.39 is 0 Å². The topological polar surface area (TPSA) is 62.5 Å². The van der Waals surface area contributed by atoms with Gasteiger partial charge in [0.2, 0.25) is 5.95 Å². The fraction of sp³-hybridized carbons (Fsp3) is 0.333. The highest BCUT2D eigenvalue weighted by atomic mass is 19.1. The molecule has 2 N–H and O–H groups in total. The zero-order valence-corrected chi connectivity index (χ0v) is 8.18. The fourth-order valence-corrected chi connectivity index (χ4v) is 1.19. The monoisotopic (exact) mass is 210 g/mol. The van der Waals surface area contributed by atoms with Crippen molar-refractivity contribution in [2.75, 3.05) is 11.9 Å². The molecule has 0 bridgehead atoms. The van der Waals surface area contributed by atoms with E-state index in [1.54, 1.807) is 6.92 Å². The van der Waals surface area contributed by atoms with Crippen LogP contribution in [0.1, 0.15) is 6.92 Å². The molecule has 6 heteroatoms. The Balaban J connectivity index is 2.30. The molecule has 5 nitrogen and oxygen atoms in total. The third-order valence-electron chi connectivity index (χ3n) is 1.94. The van der Waals surface area contributed by atoms with Crippen LogP contribution in [-0.4, -0.2) is 32.4 Å². The molecular weight excluding hydrogens is 199 g/mol. The molecule has 2 heterocycles. The second kappa shape index (κ2) is 3.82. The molecule has 80 valence electrons. The highest BCUT2D eigenvalue weighted by Crippen LogP contribution is 2.07. The Morgan fingerprint density at radius 1 is 1.60 bits per heavy atom. The first-order valence-corrected chi connectivity index (χ1v) is 4.58. The van der Waals surface area contributed by atoms with E-state index in [2.05, 4.69) is 15.4 Å². The summed E-state index contributed by atoms with van der Waals surface area (Å²) in [6.07, 6.45) is 1.25.